The van der Waals surface area contributed by atoms with E-state index in [-0.39, 0.29) is 0 Å². The van der Waals surface area contributed by atoms with E-state index in [2.05, 4.69) is 10.2 Å². The molecule has 0 unspecified atom stereocenters. The molecule has 0 amide bonds. The van der Waals surface area contributed by atoms with Crippen molar-refractivity contribution in [2.45, 2.75) is 0 Å². The van der Waals surface area contributed by atoms with Crippen LogP contribution < -0.4 is 0 Å². The Kier molecular flexibility index (Phi) is 2.51. The van der Waals surface area contributed by atoms with Gasteiger partial charge in [0, 0.05) is 0 Å². The van der Waals surface area contributed by atoms with Crippen LogP contribution in [0.5, 0.6) is 0 Å². The molecule has 2 heteroatoms. The molecule has 0 aliphatic rings. The second kappa shape index (κ2) is 3.42. The minimum atomic E-state index is 0.747. The van der Waals surface area contributed by atoms with Crippen LogP contribution in [-0.2, 0) is 0 Å². The lowest BCUT2D eigenvalue weighted by molar-refractivity contribution is 1.65. The first-order valence-electron chi connectivity index (χ1n) is 3.03. The van der Waals surface area contributed by atoms with Crippen LogP contribution in [0.25, 0.3) is 5.47 Å². The average molecular weight is 141 g/mol. The normalized spacial score (nSPS) is 11.5. The summed E-state index contributed by atoms with van der Waals surface area (Å²) in [6.45, 7) is 0. The maximum Gasteiger partial charge on any atom is 0.113 e. The highest BCUT2D eigenvalue weighted by atomic mass is 28.1. The number of hydrogen-bond donors (Lipinski definition) is 0. The van der Waals surface area contributed by atoms with Crippen molar-refractivity contribution in [1.29, 1.82) is 0 Å². The summed E-state index contributed by atoms with van der Waals surface area (Å²) in [5.74, 6) is 0. The van der Waals surface area contributed by atoms with Crippen LogP contribution in [0.2, 0.25) is 0 Å². The Balaban J connectivity index is 2.96. The molecule has 0 bridgehead atoms. The van der Waals surface area contributed by atoms with Crippen molar-refractivity contribution in [2.24, 2.45) is 0 Å². The van der Waals surface area contributed by atoms with Gasteiger partial charge in [-0.15, -0.1) is 5.70 Å². The molecular formula is C8H6BSi. The Morgan fingerprint density at radius 2 is 1.90 bits per heavy atom. The summed E-state index contributed by atoms with van der Waals surface area (Å²) in [5, 5.41) is 0. The molecule has 0 saturated carbocycles. The largest absolute Gasteiger partial charge is 0.113 e. The van der Waals surface area contributed by atoms with Crippen LogP contribution in [0.4, 0.5) is 0 Å². The highest BCUT2D eigenvalue weighted by Gasteiger charge is 1.88. The fourth-order valence-electron chi connectivity index (χ4n) is 0.714. The molecule has 0 aromatic heterocycles. The van der Waals surface area contributed by atoms with Gasteiger partial charge < -0.3 is 0 Å². The van der Waals surface area contributed by atoms with Crippen molar-refractivity contribution < 1.29 is 0 Å². The van der Waals surface area contributed by atoms with E-state index in [1.807, 2.05) is 30.3 Å². The molecule has 1 aromatic carbocycles. The van der Waals surface area contributed by atoms with Gasteiger partial charge in [-0.3, -0.25) is 0 Å². The Hall–Kier alpha value is -0.758. The summed E-state index contributed by atoms with van der Waals surface area (Å²) < 4.78 is 0. The molecule has 5 radical (unpaired) electrons. The Morgan fingerprint density at radius 1 is 1.30 bits per heavy atom. The Labute approximate surface area is 65.8 Å². The smallest absolute Gasteiger partial charge is 0.108 e. The van der Waals surface area contributed by atoms with Gasteiger partial charge >= 0.3 is 0 Å². The van der Waals surface area contributed by atoms with Crippen LogP contribution in [0.3, 0.4) is 0 Å². The summed E-state index contributed by atoms with van der Waals surface area (Å²) in [7, 11) is 8.82. The first-order chi connectivity index (χ1) is 4.84. The summed E-state index contributed by atoms with van der Waals surface area (Å²) >= 11 is 0. The molecule has 1 aromatic rings. The Bertz CT molecular complexity index is 228. The van der Waals surface area contributed by atoms with Crippen molar-refractivity contribution in [3.63, 3.8) is 0 Å². The van der Waals surface area contributed by atoms with Crippen LogP contribution in [0.15, 0.2) is 36.0 Å². The highest BCUT2D eigenvalue weighted by molar-refractivity contribution is 6.46. The maximum atomic E-state index is 5.61. The molecule has 0 nitrogen and oxygen atoms in total. The van der Waals surface area contributed by atoms with E-state index in [0.29, 0.717) is 0 Å². The fourth-order valence-corrected chi connectivity index (χ4v) is 0.881. The van der Waals surface area contributed by atoms with Gasteiger partial charge in [-0.1, -0.05) is 35.8 Å². The molecule has 0 aliphatic heterocycles. The van der Waals surface area contributed by atoms with E-state index < -0.39 is 0 Å². The maximum absolute atomic E-state index is 5.61. The molecule has 0 atom stereocenters. The molecule has 10 heavy (non-hydrogen) atoms. The first-order valence-corrected chi connectivity index (χ1v) is 3.60. The van der Waals surface area contributed by atoms with Crippen LogP contribution in [0, 0.1) is 0 Å². The first kappa shape index (κ1) is 7.35. The predicted molar refractivity (Wildman–Crippen MR) is 45.9 cm³/mol. The van der Waals surface area contributed by atoms with Gasteiger partial charge in [0.2, 0.25) is 0 Å². The van der Waals surface area contributed by atoms with Gasteiger partial charge in [-0.2, -0.15) is 0 Å². The number of hydrogen-bond acceptors (Lipinski definition) is 0. The van der Waals surface area contributed by atoms with Crippen LogP contribution in [0.1, 0.15) is 5.56 Å². The Morgan fingerprint density at radius 3 is 2.40 bits per heavy atom. The molecule has 0 heterocycles. The third-order valence-corrected chi connectivity index (χ3v) is 1.57. The van der Waals surface area contributed by atoms with E-state index in [9.17, 15) is 0 Å². The van der Waals surface area contributed by atoms with E-state index in [4.69, 9.17) is 7.85 Å². The van der Waals surface area contributed by atoms with Gasteiger partial charge in [-0.05, 0) is 5.56 Å². The van der Waals surface area contributed by atoms with E-state index in [1.165, 1.54) is 0 Å². The highest BCUT2D eigenvalue weighted by Crippen LogP contribution is 2.07. The third kappa shape index (κ3) is 1.61. The zero-order valence-electron chi connectivity index (χ0n) is 5.54. The molecule has 45 valence electrons. The molecule has 0 fully saturated rings. The molecule has 0 aliphatic carbocycles. The predicted octanol–water partition coefficient (Wildman–Crippen LogP) is 1.32. The van der Waals surface area contributed by atoms with E-state index >= 15 is 0 Å². The van der Waals surface area contributed by atoms with Crippen LogP contribution in [-0.4, -0.2) is 18.1 Å². The minimum Gasteiger partial charge on any atom is -0.108 e. The minimum absolute atomic E-state index is 0.747. The third-order valence-electron chi connectivity index (χ3n) is 1.26. The van der Waals surface area contributed by atoms with Crippen molar-refractivity contribution in [2.75, 3.05) is 0 Å². The molecule has 0 spiro atoms. The molecule has 1 rings (SSSR count). The van der Waals surface area contributed by atoms with Gasteiger partial charge in [0.15, 0.2) is 0 Å². The van der Waals surface area contributed by atoms with Crippen molar-refractivity contribution in [1.82, 2.24) is 0 Å². The van der Waals surface area contributed by atoms with Gasteiger partial charge in [0.1, 0.15) is 7.85 Å². The summed E-state index contributed by atoms with van der Waals surface area (Å²) in [5.41, 5.74) is 3.49. The van der Waals surface area contributed by atoms with E-state index in [1.54, 1.807) is 5.70 Å². The van der Waals surface area contributed by atoms with Crippen molar-refractivity contribution in [3.8, 4) is 0 Å². The molecule has 0 N–H and O–H groups in total. The zero-order chi connectivity index (χ0) is 7.40. The molecular weight excluding hydrogens is 135 g/mol. The van der Waals surface area contributed by atoms with E-state index in [0.717, 1.165) is 11.0 Å². The van der Waals surface area contributed by atoms with Gasteiger partial charge in [0.05, 0.1) is 10.2 Å². The SMILES string of the molecule is [B]/C(=C/[Si])c1ccccc1. The number of rotatable bonds is 1. The van der Waals surface area contributed by atoms with Gasteiger partial charge in [0.25, 0.3) is 0 Å². The van der Waals surface area contributed by atoms with Gasteiger partial charge in [-0.25, -0.2) is 0 Å². The van der Waals surface area contributed by atoms with Crippen LogP contribution >= 0.6 is 0 Å². The summed E-state index contributed by atoms with van der Waals surface area (Å²) in [6.07, 6.45) is 0. The lowest BCUT2D eigenvalue weighted by atomic mass is 9.90. The topological polar surface area (TPSA) is 0 Å². The average Bonchev–Trinajstić information content (AvgIpc) is 2.05. The summed E-state index contributed by atoms with van der Waals surface area (Å²) in [4.78, 5) is 0. The molecule has 0 saturated heterocycles. The second-order valence-corrected chi connectivity index (χ2v) is 2.25. The lowest BCUT2D eigenvalue weighted by Crippen LogP contribution is -1.81. The van der Waals surface area contributed by atoms with Crippen molar-refractivity contribution in [3.05, 3.63) is 41.6 Å². The monoisotopic (exact) mass is 141 g/mol. The summed E-state index contributed by atoms with van der Waals surface area (Å²) in [6, 6.07) is 9.80. The second-order valence-electron chi connectivity index (χ2n) is 1.97. The number of benzene rings is 1. The van der Waals surface area contributed by atoms with Crippen molar-refractivity contribution >= 4 is 23.6 Å². The standard InChI is InChI=1S/C8H6BSi/c9-8(6-10)7-4-2-1-3-5-7/h1-6H/b8-6+. The quantitative estimate of drug-likeness (QED) is 0.517. The lowest BCUT2D eigenvalue weighted by Gasteiger charge is -1.97. The fraction of sp³-hybridized carbons (Fsp3) is 0. The zero-order valence-corrected chi connectivity index (χ0v) is 6.54.